The van der Waals surface area contributed by atoms with Crippen LogP contribution >= 0.6 is 11.6 Å². The first kappa shape index (κ1) is 12.5. The third kappa shape index (κ3) is 3.24. The maximum atomic E-state index is 11.3. The quantitative estimate of drug-likeness (QED) is 0.650. The molecule has 4 nitrogen and oxygen atoms in total. The molecule has 0 bridgehead atoms. The van der Waals surface area contributed by atoms with Gasteiger partial charge in [-0.1, -0.05) is 0 Å². The number of esters is 1. The Hall–Kier alpha value is -1.55. The number of alkyl halides is 1. The van der Waals surface area contributed by atoms with Gasteiger partial charge >= 0.3 is 5.97 Å². The molecule has 1 rings (SSSR count). The van der Waals surface area contributed by atoms with E-state index in [0.29, 0.717) is 11.3 Å². The van der Waals surface area contributed by atoms with Crippen LogP contribution in [0.3, 0.4) is 0 Å². The SMILES string of the molecule is COC(=O)c1cc(C)cc(NC(=O)CCl)c1. The van der Waals surface area contributed by atoms with Crippen LogP contribution in [0, 0.1) is 6.92 Å². The van der Waals surface area contributed by atoms with Crippen molar-refractivity contribution in [1.29, 1.82) is 0 Å². The fourth-order valence-corrected chi connectivity index (χ4v) is 1.35. The molecular formula is C11H12ClNO3. The monoisotopic (exact) mass is 241 g/mol. The maximum absolute atomic E-state index is 11.3. The fourth-order valence-electron chi connectivity index (χ4n) is 1.29. The molecule has 1 aromatic rings. The van der Waals surface area contributed by atoms with Crippen LogP contribution < -0.4 is 5.32 Å². The molecule has 0 aliphatic carbocycles. The van der Waals surface area contributed by atoms with Crippen LogP contribution in [0.4, 0.5) is 5.69 Å². The zero-order valence-electron chi connectivity index (χ0n) is 9.04. The van der Waals surface area contributed by atoms with Crippen molar-refractivity contribution in [3.8, 4) is 0 Å². The average molecular weight is 242 g/mol. The number of amides is 1. The fraction of sp³-hybridized carbons (Fsp3) is 0.273. The molecule has 1 aromatic carbocycles. The summed E-state index contributed by atoms with van der Waals surface area (Å²) in [7, 11) is 1.31. The Kier molecular flexibility index (Phi) is 4.31. The molecule has 0 radical (unpaired) electrons. The van der Waals surface area contributed by atoms with Gasteiger partial charge in [-0.25, -0.2) is 4.79 Å². The minimum absolute atomic E-state index is 0.124. The molecule has 86 valence electrons. The summed E-state index contributed by atoms with van der Waals surface area (Å²) in [5.74, 6) is -0.880. The van der Waals surface area contributed by atoms with Gasteiger partial charge in [-0.3, -0.25) is 4.79 Å². The number of anilines is 1. The molecule has 0 aliphatic rings. The lowest BCUT2D eigenvalue weighted by Gasteiger charge is -2.07. The number of halogens is 1. The summed E-state index contributed by atoms with van der Waals surface area (Å²) in [6.07, 6.45) is 0. The van der Waals surface area contributed by atoms with Crippen LogP contribution in [0.2, 0.25) is 0 Å². The third-order valence-electron chi connectivity index (χ3n) is 1.90. The molecule has 0 spiro atoms. The van der Waals surface area contributed by atoms with E-state index in [4.69, 9.17) is 11.6 Å². The Bertz CT molecular complexity index is 418. The van der Waals surface area contributed by atoms with E-state index < -0.39 is 5.97 Å². The highest BCUT2D eigenvalue weighted by Crippen LogP contribution is 2.15. The number of benzene rings is 1. The van der Waals surface area contributed by atoms with Crippen molar-refractivity contribution in [1.82, 2.24) is 0 Å². The molecule has 1 N–H and O–H groups in total. The lowest BCUT2D eigenvalue weighted by molar-refractivity contribution is -0.113. The molecule has 0 unspecified atom stereocenters. The van der Waals surface area contributed by atoms with Crippen LogP contribution in [0.25, 0.3) is 0 Å². The zero-order valence-corrected chi connectivity index (χ0v) is 9.80. The normalized spacial score (nSPS) is 9.69. The highest BCUT2D eigenvalue weighted by molar-refractivity contribution is 6.29. The number of hydrogen-bond donors (Lipinski definition) is 1. The van der Waals surface area contributed by atoms with E-state index in [2.05, 4.69) is 10.1 Å². The van der Waals surface area contributed by atoms with Gasteiger partial charge in [0.2, 0.25) is 5.91 Å². The van der Waals surface area contributed by atoms with E-state index in [0.717, 1.165) is 5.56 Å². The Morgan fingerprint density at radius 2 is 2.06 bits per heavy atom. The number of ether oxygens (including phenoxy) is 1. The molecule has 0 atom stereocenters. The predicted molar refractivity (Wildman–Crippen MR) is 61.9 cm³/mol. The van der Waals surface area contributed by atoms with Crippen LogP contribution in [-0.4, -0.2) is 24.9 Å². The van der Waals surface area contributed by atoms with Crippen molar-refractivity contribution >= 4 is 29.2 Å². The highest BCUT2D eigenvalue weighted by Gasteiger charge is 2.08. The second-order valence-electron chi connectivity index (χ2n) is 3.26. The summed E-state index contributed by atoms with van der Waals surface area (Å²) < 4.78 is 4.60. The lowest BCUT2D eigenvalue weighted by atomic mass is 10.1. The van der Waals surface area contributed by atoms with Gasteiger partial charge in [0.25, 0.3) is 0 Å². The molecule has 0 saturated heterocycles. The van der Waals surface area contributed by atoms with Crippen LogP contribution in [0.5, 0.6) is 0 Å². The van der Waals surface area contributed by atoms with E-state index >= 15 is 0 Å². The number of rotatable bonds is 3. The van der Waals surface area contributed by atoms with Crippen molar-refractivity contribution in [3.63, 3.8) is 0 Å². The molecule has 0 aromatic heterocycles. The Morgan fingerprint density at radius 3 is 2.62 bits per heavy atom. The average Bonchev–Trinajstić information content (AvgIpc) is 2.27. The molecule has 0 aliphatic heterocycles. The molecule has 16 heavy (non-hydrogen) atoms. The molecule has 5 heteroatoms. The third-order valence-corrected chi connectivity index (χ3v) is 2.15. The van der Waals surface area contributed by atoms with E-state index in [1.54, 1.807) is 18.2 Å². The summed E-state index contributed by atoms with van der Waals surface area (Å²) in [6.45, 7) is 1.82. The summed E-state index contributed by atoms with van der Waals surface area (Å²) >= 11 is 5.37. The second-order valence-corrected chi connectivity index (χ2v) is 3.53. The first-order chi connectivity index (χ1) is 7.56. The standard InChI is InChI=1S/C11H12ClNO3/c1-7-3-8(11(15)16-2)5-9(4-7)13-10(14)6-12/h3-5H,6H2,1-2H3,(H,13,14). The van der Waals surface area contributed by atoms with Gasteiger partial charge in [-0.2, -0.15) is 0 Å². The number of hydrogen-bond acceptors (Lipinski definition) is 3. The molecule has 1 amide bonds. The van der Waals surface area contributed by atoms with Crippen molar-refractivity contribution < 1.29 is 14.3 Å². The van der Waals surface area contributed by atoms with Gasteiger partial charge in [0.15, 0.2) is 0 Å². The van der Waals surface area contributed by atoms with Crippen molar-refractivity contribution in [2.24, 2.45) is 0 Å². The minimum Gasteiger partial charge on any atom is -0.465 e. The van der Waals surface area contributed by atoms with Crippen LogP contribution in [-0.2, 0) is 9.53 Å². The van der Waals surface area contributed by atoms with E-state index in [-0.39, 0.29) is 11.8 Å². The number of aryl methyl sites for hydroxylation is 1. The highest BCUT2D eigenvalue weighted by atomic mass is 35.5. The number of carbonyl (C=O) groups is 2. The summed E-state index contributed by atoms with van der Waals surface area (Å²) in [6, 6.07) is 4.97. The zero-order chi connectivity index (χ0) is 12.1. The minimum atomic E-state index is -0.440. The van der Waals surface area contributed by atoms with E-state index in [9.17, 15) is 9.59 Å². The topological polar surface area (TPSA) is 55.4 Å². The van der Waals surface area contributed by atoms with Gasteiger partial charge in [-0.15, -0.1) is 11.6 Å². The van der Waals surface area contributed by atoms with Gasteiger partial charge < -0.3 is 10.1 Å². The smallest absolute Gasteiger partial charge is 0.337 e. The first-order valence-corrected chi connectivity index (χ1v) is 5.16. The van der Waals surface area contributed by atoms with Crippen LogP contribution in [0.15, 0.2) is 18.2 Å². The summed E-state index contributed by atoms with van der Waals surface area (Å²) in [5, 5.41) is 2.57. The van der Waals surface area contributed by atoms with E-state index in [1.807, 2.05) is 6.92 Å². The molecular weight excluding hydrogens is 230 g/mol. The predicted octanol–water partition coefficient (Wildman–Crippen LogP) is 1.96. The van der Waals surface area contributed by atoms with Crippen molar-refractivity contribution in [2.45, 2.75) is 6.92 Å². The summed E-state index contributed by atoms with van der Waals surface area (Å²) in [4.78, 5) is 22.4. The van der Waals surface area contributed by atoms with Crippen LogP contribution in [0.1, 0.15) is 15.9 Å². The molecule has 0 saturated carbocycles. The van der Waals surface area contributed by atoms with E-state index in [1.165, 1.54) is 7.11 Å². The largest absolute Gasteiger partial charge is 0.465 e. The second kappa shape index (κ2) is 5.51. The lowest BCUT2D eigenvalue weighted by Crippen LogP contribution is -2.13. The molecule has 0 heterocycles. The summed E-state index contributed by atoms with van der Waals surface area (Å²) in [5.41, 5.74) is 1.78. The Labute approximate surface area is 98.5 Å². The number of nitrogens with one attached hydrogen (secondary N) is 1. The van der Waals surface area contributed by atoms with Crippen molar-refractivity contribution in [3.05, 3.63) is 29.3 Å². The van der Waals surface area contributed by atoms with Gasteiger partial charge in [0.1, 0.15) is 5.88 Å². The number of carbonyl (C=O) groups excluding carboxylic acids is 2. The maximum Gasteiger partial charge on any atom is 0.337 e. The number of methoxy groups -OCH3 is 1. The molecule has 0 fully saturated rings. The van der Waals surface area contributed by atoms with Gasteiger partial charge in [0, 0.05) is 5.69 Å². The van der Waals surface area contributed by atoms with Gasteiger partial charge in [-0.05, 0) is 30.7 Å². The Balaban J connectivity index is 2.98. The van der Waals surface area contributed by atoms with Gasteiger partial charge in [0.05, 0.1) is 12.7 Å². The Morgan fingerprint density at radius 1 is 1.38 bits per heavy atom. The first-order valence-electron chi connectivity index (χ1n) is 4.62. The van der Waals surface area contributed by atoms with Crippen molar-refractivity contribution in [2.75, 3.05) is 18.3 Å².